The van der Waals surface area contributed by atoms with E-state index in [1.165, 1.54) is 18.2 Å². The summed E-state index contributed by atoms with van der Waals surface area (Å²) in [6.45, 7) is 0. The van der Waals surface area contributed by atoms with Crippen LogP contribution in [0, 0.1) is 0 Å². The first-order valence-electron chi connectivity index (χ1n) is 5.44. The third kappa shape index (κ3) is 2.31. The average molecular weight is 315 g/mol. The lowest BCUT2D eigenvalue weighted by atomic mass is 10.2. The van der Waals surface area contributed by atoms with Crippen LogP contribution in [-0.4, -0.2) is 8.42 Å². The summed E-state index contributed by atoms with van der Waals surface area (Å²) in [6, 6.07) is 9.40. The largest absolute Gasteiger partial charge is 0.456 e. The number of ether oxygens (including phenoxy) is 1. The summed E-state index contributed by atoms with van der Waals surface area (Å²) >= 11 is 11.8. The number of rotatable bonds is 0. The van der Waals surface area contributed by atoms with Gasteiger partial charge in [-0.2, -0.15) is 0 Å². The van der Waals surface area contributed by atoms with Gasteiger partial charge in [-0.3, -0.25) is 0 Å². The summed E-state index contributed by atoms with van der Waals surface area (Å²) in [6.07, 6.45) is 0. The number of hydrogen-bond acceptors (Lipinski definition) is 3. The minimum absolute atomic E-state index is 0.141. The van der Waals surface area contributed by atoms with Crippen LogP contribution in [0.1, 0.15) is 5.56 Å². The van der Waals surface area contributed by atoms with Crippen molar-refractivity contribution in [3.63, 3.8) is 0 Å². The maximum atomic E-state index is 12.3. The monoisotopic (exact) mass is 314 g/mol. The summed E-state index contributed by atoms with van der Waals surface area (Å²) in [5, 5.41) is 0.896. The highest BCUT2D eigenvalue weighted by molar-refractivity contribution is 7.90. The van der Waals surface area contributed by atoms with Gasteiger partial charge in [-0.1, -0.05) is 23.2 Å². The Morgan fingerprint density at radius 2 is 1.63 bits per heavy atom. The van der Waals surface area contributed by atoms with Crippen molar-refractivity contribution in [1.82, 2.24) is 0 Å². The van der Waals surface area contributed by atoms with E-state index in [4.69, 9.17) is 27.9 Å². The van der Waals surface area contributed by atoms with E-state index in [0.29, 0.717) is 21.4 Å². The first kappa shape index (κ1) is 12.8. The first-order valence-corrected chi connectivity index (χ1v) is 7.85. The Morgan fingerprint density at radius 3 is 2.42 bits per heavy atom. The van der Waals surface area contributed by atoms with E-state index in [-0.39, 0.29) is 16.4 Å². The summed E-state index contributed by atoms with van der Waals surface area (Å²) in [5.74, 6) is 0.583. The van der Waals surface area contributed by atoms with Gasteiger partial charge in [0.25, 0.3) is 0 Å². The lowest BCUT2D eigenvalue weighted by Gasteiger charge is -2.08. The first-order chi connectivity index (χ1) is 8.95. The van der Waals surface area contributed by atoms with Crippen LogP contribution in [-0.2, 0) is 15.6 Å². The lowest BCUT2D eigenvalue weighted by molar-refractivity contribution is 0.468. The number of benzene rings is 2. The molecule has 1 aliphatic rings. The summed E-state index contributed by atoms with van der Waals surface area (Å²) in [7, 11) is -3.47. The van der Waals surface area contributed by atoms with Gasteiger partial charge in [-0.15, -0.1) is 0 Å². The molecule has 0 saturated carbocycles. The predicted octanol–water partition coefficient (Wildman–Crippen LogP) is 4.07. The maximum absolute atomic E-state index is 12.3. The Hall–Kier alpha value is -1.23. The highest BCUT2D eigenvalue weighted by Gasteiger charge is 2.27. The Bertz CT molecular complexity index is 769. The van der Waals surface area contributed by atoms with E-state index < -0.39 is 9.84 Å². The smallest absolute Gasteiger partial charge is 0.186 e. The van der Waals surface area contributed by atoms with Crippen molar-refractivity contribution in [1.29, 1.82) is 0 Å². The molecule has 0 atom stereocenters. The average Bonchev–Trinajstić information content (AvgIpc) is 2.41. The third-order valence-corrected chi connectivity index (χ3v) is 5.00. The van der Waals surface area contributed by atoms with Crippen molar-refractivity contribution in [2.75, 3.05) is 0 Å². The fourth-order valence-electron chi connectivity index (χ4n) is 1.98. The van der Waals surface area contributed by atoms with Crippen LogP contribution in [0.2, 0.25) is 10.0 Å². The van der Waals surface area contributed by atoms with Crippen LogP contribution in [0.25, 0.3) is 0 Å². The second-order valence-corrected chi connectivity index (χ2v) is 7.04. The molecule has 3 rings (SSSR count). The highest BCUT2D eigenvalue weighted by atomic mass is 35.5. The predicted molar refractivity (Wildman–Crippen MR) is 73.9 cm³/mol. The van der Waals surface area contributed by atoms with E-state index in [1.807, 2.05) is 0 Å². The molecule has 1 aliphatic heterocycles. The second kappa shape index (κ2) is 4.40. The minimum atomic E-state index is -3.47. The molecule has 0 N–H and O–H groups in total. The zero-order valence-electron chi connectivity index (χ0n) is 9.56. The van der Waals surface area contributed by atoms with Gasteiger partial charge in [0, 0.05) is 21.7 Å². The van der Waals surface area contributed by atoms with Crippen LogP contribution >= 0.6 is 23.2 Å². The van der Waals surface area contributed by atoms with Crippen molar-refractivity contribution >= 4 is 33.0 Å². The fraction of sp³-hybridized carbons (Fsp3) is 0.0769. The molecule has 2 aromatic rings. The van der Waals surface area contributed by atoms with E-state index in [9.17, 15) is 8.42 Å². The number of halogens is 2. The van der Waals surface area contributed by atoms with E-state index in [2.05, 4.69) is 0 Å². The highest BCUT2D eigenvalue weighted by Crippen LogP contribution is 2.39. The fourth-order valence-corrected chi connectivity index (χ4v) is 3.81. The molecule has 0 fully saturated rings. The molecule has 2 aromatic carbocycles. The summed E-state index contributed by atoms with van der Waals surface area (Å²) in [4.78, 5) is 0.143. The molecule has 0 aromatic heterocycles. The zero-order chi connectivity index (χ0) is 13.6. The van der Waals surface area contributed by atoms with Gasteiger partial charge in [0.2, 0.25) is 0 Å². The molecule has 19 heavy (non-hydrogen) atoms. The number of fused-ring (bicyclic) bond motifs is 2. The van der Waals surface area contributed by atoms with E-state index >= 15 is 0 Å². The lowest BCUT2D eigenvalue weighted by Crippen LogP contribution is -2.03. The van der Waals surface area contributed by atoms with Crippen LogP contribution in [0.3, 0.4) is 0 Å². The molecule has 0 saturated heterocycles. The standard InChI is InChI=1S/C13H8Cl2O3S/c14-9-1-3-11-8(5-9)7-19(16,17)13-4-2-10(15)6-12(13)18-11/h1-6H,7H2. The van der Waals surface area contributed by atoms with Gasteiger partial charge in [-0.25, -0.2) is 8.42 Å². The normalized spacial score (nSPS) is 15.9. The van der Waals surface area contributed by atoms with Crippen LogP contribution in [0.5, 0.6) is 11.5 Å². The molecule has 98 valence electrons. The molecule has 0 aliphatic carbocycles. The van der Waals surface area contributed by atoms with Crippen LogP contribution < -0.4 is 4.74 Å². The summed E-state index contributed by atoms with van der Waals surface area (Å²) < 4.78 is 30.3. The molecular weight excluding hydrogens is 307 g/mol. The zero-order valence-corrected chi connectivity index (χ0v) is 11.9. The molecule has 0 amide bonds. The van der Waals surface area contributed by atoms with Gasteiger partial charge < -0.3 is 4.74 Å². The molecule has 0 spiro atoms. The van der Waals surface area contributed by atoms with Crippen molar-refractivity contribution in [3.8, 4) is 11.5 Å². The van der Waals surface area contributed by atoms with Crippen LogP contribution in [0.15, 0.2) is 41.3 Å². The quantitative estimate of drug-likeness (QED) is 0.736. The molecule has 0 radical (unpaired) electrons. The molecule has 0 bridgehead atoms. The van der Waals surface area contributed by atoms with Gasteiger partial charge in [-0.05, 0) is 30.3 Å². The summed E-state index contributed by atoms with van der Waals surface area (Å²) in [5.41, 5.74) is 0.542. The Kier molecular flexibility index (Phi) is 2.96. The second-order valence-electron chi connectivity index (χ2n) is 4.20. The van der Waals surface area contributed by atoms with Gasteiger partial charge in [0.15, 0.2) is 9.84 Å². The van der Waals surface area contributed by atoms with Gasteiger partial charge in [0.1, 0.15) is 16.4 Å². The molecule has 1 heterocycles. The molecule has 6 heteroatoms. The topological polar surface area (TPSA) is 43.4 Å². The molecule has 0 unspecified atom stereocenters. The Morgan fingerprint density at radius 1 is 0.947 bits per heavy atom. The number of sulfone groups is 1. The van der Waals surface area contributed by atoms with Crippen molar-refractivity contribution in [3.05, 3.63) is 52.0 Å². The van der Waals surface area contributed by atoms with Crippen molar-refractivity contribution in [2.24, 2.45) is 0 Å². The van der Waals surface area contributed by atoms with Crippen LogP contribution in [0.4, 0.5) is 0 Å². The third-order valence-electron chi connectivity index (χ3n) is 2.83. The Labute approximate surface area is 120 Å². The molecule has 3 nitrogen and oxygen atoms in total. The van der Waals surface area contributed by atoms with Crippen molar-refractivity contribution < 1.29 is 13.2 Å². The van der Waals surface area contributed by atoms with E-state index in [0.717, 1.165) is 0 Å². The Balaban J connectivity index is 2.27. The van der Waals surface area contributed by atoms with Gasteiger partial charge >= 0.3 is 0 Å². The number of hydrogen-bond donors (Lipinski definition) is 0. The maximum Gasteiger partial charge on any atom is 0.186 e. The SMILES string of the molecule is O=S1(=O)Cc2cc(Cl)ccc2Oc2cc(Cl)ccc21. The molecular formula is C13H8Cl2O3S. The van der Waals surface area contributed by atoms with Gasteiger partial charge in [0.05, 0.1) is 5.75 Å². The van der Waals surface area contributed by atoms with Crippen molar-refractivity contribution in [2.45, 2.75) is 10.6 Å². The minimum Gasteiger partial charge on any atom is -0.456 e. The van der Waals surface area contributed by atoms with E-state index in [1.54, 1.807) is 18.2 Å².